The summed E-state index contributed by atoms with van der Waals surface area (Å²) in [6.45, 7) is 0. The second kappa shape index (κ2) is 3.52. The van der Waals surface area contributed by atoms with Gasteiger partial charge in [-0.2, -0.15) is 0 Å². The second-order valence-electron chi connectivity index (χ2n) is 2.49. The van der Waals surface area contributed by atoms with Crippen LogP contribution in [0.1, 0.15) is 0 Å². The number of nitrogens with zero attached hydrogens (tertiary/aromatic N) is 1. The Morgan fingerprint density at radius 2 is 2.08 bits per heavy atom. The molecule has 0 saturated carbocycles. The fourth-order valence-electron chi connectivity index (χ4n) is 1.06. The zero-order valence-corrected chi connectivity index (χ0v) is 8.84. The summed E-state index contributed by atoms with van der Waals surface area (Å²) in [6, 6.07) is 7.49. The van der Waals surface area contributed by atoms with Crippen LogP contribution in [0.5, 0.6) is 0 Å². The van der Waals surface area contributed by atoms with Gasteiger partial charge in [0.2, 0.25) is 0 Å². The smallest absolute Gasteiger partial charge is 0.138 e. The van der Waals surface area contributed by atoms with E-state index in [1.165, 1.54) is 6.26 Å². The molecule has 0 bridgehead atoms. The van der Waals surface area contributed by atoms with Crippen LogP contribution in [0.2, 0.25) is 5.02 Å². The first kappa shape index (κ1) is 8.78. The Kier molecular flexibility index (Phi) is 2.38. The lowest BCUT2D eigenvalue weighted by atomic mass is 10.1. The van der Waals surface area contributed by atoms with Gasteiger partial charge in [0.1, 0.15) is 12.0 Å². The quantitative estimate of drug-likeness (QED) is 0.778. The summed E-state index contributed by atoms with van der Waals surface area (Å²) in [6.07, 6.45) is 1.53. The minimum absolute atomic E-state index is 0.664. The van der Waals surface area contributed by atoms with Crippen molar-refractivity contribution < 1.29 is 4.52 Å². The van der Waals surface area contributed by atoms with E-state index >= 15 is 0 Å². The average Bonchev–Trinajstić information content (AvgIpc) is 2.52. The molecular formula is C9H5BrClNO. The van der Waals surface area contributed by atoms with Crippen molar-refractivity contribution in [3.8, 4) is 11.3 Å². The van der Waals surface area contributed by atoms with E-state index in [9.17, 15) is 0 Å². The Bertz CT molecular complexity index is 427. The van der Waals surface area contributed by atoms with Crippen LogP contribution >= 0.6 is 27.5 Å². The predicted molar refractivity (Wildman–Crippen MR) is 54.6 cm³/mol. The second-order valence-corrected chi connectivity index (χ2v) is 3.75. The van der Waals surface area contributed by atoms with Gasteiger partial charge in [-0.25, -0.2) is 0 Å². The van der Waals surface area contributed by atoms with Gasteiger partial charge in [0.05, 0.1) is 9.50 Å². The minimum Gasteiger partial charge on any atom is -0.363 e. The number of halogens is 2. The summed E-state index contributed by atoms with van der Waals surface area (Å²) < 4.78 is 5.61. The van der Waals surface area contributed by atoms with Crippen LogP contribution in [0.3, 0.4) is 0 Å². The van der Waals surface area contributed by atoms with Crippen molar-refractivity contribution >= 4 is 27.5 Å². The van der Waals surface area contributed by atoms with Crippen molar-refractivity contribution in [2.45, 2.75) is 0 Å². The minimum atomic E-state index is 0.664. The lowest BCUT2D eigenvalue weighted by Crippen LogP contribution is -1.78. The normalized spacial score (nSPS) is 10.3. The maximum absolute atomic E-state index is 5.99. The Labute approximate surface area is 88.6 Å². The first-order valence-electron chi connectivity index (χ1n) is 3.64. The molecule has 0 aliphatic carbocycles. The van der Waals surface area contributed by atoms with E-state index in [-0.39, 0.29) is 0 Å². The van der Waals surface area contributed by atoms with Gasteiger partial charge in [-0.1, -0.05) is 35.0 Å². The van der Waals surface area contributed by atoms with Gasteiger partial charge in [0, 0.05) is 5.56 Å². The zero-order valence-electron chi connectivity index (χ0n) is 6.50. The third-order valence-electron chi connectivity index (χ3n) is 1.66. The van der Waals surface area contributed by atoms with Crippen LogP contribution in [0.15, 0.2) is 39.5 Å². The Balaban J connectivity index is 2.59. The Hall–Kier alpha value is -0.800. The lowest BCUT2D eigenvalue weighted by Gasteiger charge is -1.98. The Morgan fingerprint density at radius 1 is 1.31 bits per heavy atom. The average molecular weight is 259 g/mol. The molecule has 1 aromatic heterocycles. The fourth-order valence-corrected chi connectivity index (χ4v) is 1.65. The summed E-state index contributed by atoms with van der Waals surface area (Å²) in [5.74, 6) is 0. The first-order chi connectivity index (χ1) is 6.29. The molecule has 0 aliphatic heterocycles. The molecular weight excluding hydrogens is 253 g/mol. The van der Waals surface area contributed by atoms with Crippen LogP contribution in [-0.4, -0.2) is 5.16 Å². The molecule has 2 rings (SSSR count). The SMILES string of the molecule is Clc1ccccc1-c1nocc1Br. The van der Waals surface area contributed by atoms with Gasteiger partial charge in [-0.15, -0.1) is 0 Å². The van der Waals surface area contributed by atoms with Crippen LogP contribution in [-0.2, 0) is 0 Å². The van der Waals surface area contributed by atoms with Crippen LogP contribution in [0.25, 0.3) is 11.3 Å². The molecule has 0 saturated heterocycles. The number of aromatic nitrogens is 1. The van der Waals surface area contributed by atoms with E-state index in [1.54, 1.807) is 0 Å². The van der Waals surface area contributed by atoms with E-state index in [0.717, 1.165) is 15.7 Å². The van der Waals surface area contributed by atoms with Crippen LogP contribution in [0.4, 0.5) is 0 Å². The van der Waals surface area contributed by atoms with Crippen LogP contribution in [0, 0.1) is 0 Å². The van der Waals surface area contributed by atoms with Crippen molar-refractivity contribution in [3.05, 3.63) is 40.0 Å². The molecule has 1 heterocycles. The first-order valence-corrected chi connectivity index (χ1v) is 4.81. The van der Waals surface area contributed by atoms with Gasteiger partial charge < -0.3 is 4.52 Å². The highest BCUT2D eigenvalue weighted by Gasteiger charge is 2.09. The molecule has 4 heteroatoms. The molecule has 0 N–H and O–H groups in total. The molecule has 13 heavy (non-hydrogen) atoms. The lowest BCUT2D eigenvalue weighted by molar-refractivity contribution is 0.422. The van der Waals surface area contributed by atoms with E-state index in [2.05, 4.69) is 21.1 Å². The highest BCUT2D eigenvalue weighted by molar-refractivity contribution is 9.10. The highest BCUT2D eigenvalue weighted by Crippen LogP contribution is 2.31. The maximum Gasteiger partial charge on any atom is 0.138 e. The summed E-state index contributed by atoms with van der Waals surface area (Å²) in [5, 5.41) is 4.50. The zero-order chi connectivity index (χ0) is 9.26. The van der Waals surface area contributed by atoms with Gasteiger partial charge in [0.25, 0.3) is 0 Å². The van der Waals surface area contributed by atoms with Gasteiger partial charge >= 0.3 is 0 Å². The van der Waals surface area contributed by atoms with Crippen molar-refractivity contribution in [2.75, 3.05) is 0 Å². The highest BCUT2D eigenvalue weighted by atomic mass is 79.9. The maximum atomic E-state index is 5.99. The van der Waals surface area contributed by atoms with E-state index in [4.69, 9.17) is 16.1 Å². The number of benzene rings is 1. The fraction of sp³-hybridized carbons (Fsp3) is 0. The topological polar surface area (TPSA) is 26.0 Å². The molecule has 66 valence electrons. The molecule has 2 nitrogen and oxygen atoms in total. The van der Waals surface area contributed by atoms with E-state index in [1.807, 2.05) is 24.3 Å². The Morgan fingerprint density at radius 3 is 2.69 bits per heavy atom. The standard InChI is InChI=1S/C9H5BrClNO/c10-7-5-13-12-9(7)6-3-1-2-4-8(6)11/h1-5H. The molecule has 0 aliphatic rings. The van der Waals surface area contributed by atoms with Crippen molar-refractivity contribution in [1.29, 1.82) is 0 Å². The number of hydrogen-bond acceptors (Lipinski definition) is 2. The molecule has 2 aromatic rings. The molecule has 0 spiro atoms. The summed E-state index contributed by atoms with van der Waals surface area (Å²) in [5.41, 5.74) is 1.59. The van der Waals surface area contributed by atoms with E-state index < -0.39 is 0 Å². The molecule has 0 unspecified atom stereocenters. The molecule has 0 fully saturated rings. The summed E-state index contributed by atoms with van der Waals surface area (Å²) >= 11 is 9.31. The number of rotatable bonds is 1. The van der Waals surface area contributed by atoms with Crippen molar-refractivity contribution in [1.82, 2.24) is 5.16 Å². The molecule has 0 amide bonds. The number of hydrogen-bond donors (Lipinski definition) is 0. The molecule has 1 aromatic carbocycles. The third kappa shape index (κ3) is 1.62. The monoisotopic (exact) mass is 257 g/mol. The van der Waals surface area contributed by atoms with Crippen molar-refractivity contribution in [3.63, 3.8) is 0 Å². The third-order valence-corrected chi connectivity index (χ3v) is 2.55. The van der Waals surface area contributed by atoms with Gasteiger partial charge in [-0.05, 0) is 22.0 Å². The largest absolute Gasteiger partial charge is 0.363 e. The predicted octanol–water partition coefficient (Wildman–Crippen LogP) is 3.76. The summed E-state index contributed by atoms with van der Waals surface area (Å²) in [7, 11) is 0. The van der Waals surface area contributed by atoms with Gasteiger partial charge in [-0.3, -0.25) is 0 Å². The van der Waals surface area contributed by atoms with Gasteiger partial charge in [0.15, 0.2) is 0 Å². The summed E-state index contributed by atoms with van der Waals surface area (Å²) in [4.78, 5) is 0. The molecule has 0 radical (unpaired) electrons. The van der Waals surface area contributed by atoms with Crippen LogP contribution < -0.4 is 0 Å². The van der Waals surface area contributed by atoms with Crippen molar-refractivity contribution in [2.24, 2.45) is 0 Å². The molecule has 0 atom stereocenters. The van der Waals surface area contributed by atoms with E-state index in [0.29, 0.717) is 5.02 Å².